The SMILES string of the molecule is Cc1ccccc1N/N=C\c1cccc(Br)c1. The predicted octanol–water partition coefficient (Wildman–Crippen LogP) is 4.20. The number of benzene rings is 2. The minimum atomic E-state index is 1.03. The summed E-state index contributed by atoms with van der Waals surface area (Å²) in [7, 11) is 0. The third-order valence-corrected chi connectivity index (χ3v) is 2.89. The highest BCUT2D eigenvalue weighted by atomic mass is 79.9. The first kappa shape index (κ1) is 11.9. The van der Waals surface area contributed by atoms with E-state index in [4.69, 9.17) is 0 Å². The van der Waals surface area contributed by atoms with E-state index < -0.39 is 0 Å². The Hall–Kier alpha value is -1.61. The molecular formula is C14H13BrN2. The molecule has 0 aliphatic carbocycles. The Bertz CT molecular complexity index is 535. The van der Waals surface area contributed by atoms with Gasteiger partial charge in [-0.25, -0.2) is 0 Å². The van der Waals surface area contributed by atoms with Crippen LogP contribution in [0.3, 0.4) is 0 Å². The Morgan fingerprint density at radius 2 is 1.94 bits per heavy atom. The molecule has 86 valence electrons. The first-order valence-electron chi connectivity index (χ1n) is 5.36. The maximum atomic E-state index is 4.22. The molecule has 0 spiro atoms. The molecule has 0 atom stereocenters. The van der Waals surface area contributed by atoms with Gasteiger partial charge in [-0.3, -0.25) is 5.43 Å². The number of halogens is 1. The second-order valence-corrected chi connectivity index (χ2v) is 4.66. The van der Waals surface area contributed by atoms with Gasteiger partial charge in [0, 0.05) is 4.47 Å². The molecule has 0 aliphatic rings. The highest BCUT2D eigenvalue weighted by Crippen LogP contribution is 2.13. The fourth-order valence-corrected chi connectivity index (χ4v) is 1.88. The molecule has 17 heavy (non-hydrogen) atoms. The lowest BCUT2D eigenvalue weighted by Crippen LogP contribution is -1.92. The van der Waals surface area contributed by atoms with E-state index in [2.05, 4.69) is 39.4 Å². The molecule has 0 saturated heterocycles. The van der Waals surface area contributed by atoms with Gasteiger partial charge < -0.3 is 0 Å². The highest BCUT2D eigenvalue weighted by molar-refractivity contribution is 9.10. The molecule has 2 nitrogen and oxygen atoms in total. The monoisotopic (exact) mass is 288 g/mol. The first-order chi connectivity index (χ1) is 8.25. The molecule has 0 heterocycles. The summed E-state index contributed by atoms with van der Waals surface area (Å²) in [6.07, 6.45) is 1.80. The minimum Gasteiger partial charge on any atom is -0.278 e. The number of hydrogen-bond donors (Lipinski definition) is 1. The van der Waals surface area contributed by atoms with E-state index in [0.29, 0.717) is 0 Å². The average Bonchev–Trinajstić information content (AvgIpc) is 2.32. The summed E-state index contributed by atoms with van der Waals surface area (Å²) in [4.78, 5) is 0. The molecule has 0 bridgehead atoms. The highest BCUT2D eigenvalue weighted by Gasteiger charge is 1.93. The van der Waals surface area contributed by atoms with Crippen molar-refractivity contribution in [3.05, 3.63) is 64.1 Å². The first-order valence-corrected chi connectivity index (χ1v) is 6.15. The maximum Gasteiger partial charge on any atom is 0.0590 e. The number of anilines is 1. The van der Waals surface area contributed by atoms with Crippen molar-refractivity contribution in [2.45, 2.75) is 6.92 Å². The molecular weight excluding hydrogens is 276 g/mol. The molecule has 2 rings (SSSR count). The van der Waals surface area contributed by atoms with Crippen molar-refractivity contribution in [2.24, 2.45) is 5.10 Å². The number of aryl methyl sites for hydroxylation is 1. The Kier molecular flexibility index (Phi) is 3.94. The van der Waals surface area contributed by atoms with Gasteiger partial charge in [-0.1, -0.05) is 46.3 Å². The van der Waals surface area contributed by atoms with Crippen molar-refractivity contribution in [3.63, 3.8) is 0 Å². The van der Waals surface area contributed by atoms with Crippen LogP contribution in [-0.4, -0.2) is 6.21 Å². The standard InChI is InChI=1S/C14H13BrN2/c1-11-5-2-3-8-14(11)17-16-10-12-6-4-7-13(15)9-12/h2-10,17H,1H3/b16-10-. The zero-order valence-corrected chi connectivity index (χ0v) is 11.1. The van der Waals surface area contributed by atoms with Crippen LogP contribution in [0, 0.1) is 6.92 Å². The van der Waals surface area contributed by atoms with Crippen molar-refractivity contribution < 1.29 is 0 Å². The predicted molar refractivity (Wildman–Crippen MR) is 76.5 cm³/mol. The number of nitrogens with zero attached hydrogens (tertiary/aromatic N) is 1. The van der Waals surface area contributed by atoms with E-state index in [9.17, 15) is 0 Å². The van der Waals surface area contributed by atoms with Crippen LogP contribution in [0.1, 0.15) is 11.1 Å². The summed E-state index contributed by atoms with van der Waals surface area (Å²) >= 11 is 3.43. The number of para-hydroxylation sites is 1. The number of rotatable bonds is 3. The molecule has 0 saturated carbocycles. The summed E-state index contributed by atoms with van der Waals surface area (Å²) < 4.78 is 1.05. The Balaban J connectivity index is 2.06. The maximum absolute atomic E-state index is 4.22. The molecule has 0 fully saturated rings. The van der Waals surface area contributed by atoms with Gasteiger partial charge in [-0.05, 0) is 36.2 Å². The molecule has 2 aromatic rings. The average molecular weight is 289 g/mol. The summed E-state index contributed by atoms with van der Waals surface area (Å²) in [6, 6.07) is 16.1. The molecule has 0 aromatic heterocycles. The van der Waals surface area contributed by atoms with E-state index >= 15 is 0 Å². The Morgan fingerprint density at radius 3 is 2.71 bits per heavy atom. The fraction of sp³-hybridized carbons (Fsp3) is 0.0714. The van der Waals surface area contributed by atoms with Gasteiger partial charge in [0.25, 0.3) is 0 Å². The summed E-state index contributed by atoms with van der Waals surface area (Å²) in [6.45, 7) is 2.05. The largest absolute Gasteiger partial charge is 0.278 e. The normalized spacial score (nSPS) is 10.7. The van der Waals surface area contributed by atoms with Crippen LogP contribution in [-0.2, 0) is 0 Å². The second kappa shape index (κ2) is 5.64. The Morgan fingerprint density at radius 1 is 1.12 bits per heavy atom. The molecule has 0 radical (unpaired) electrons. The summed E-state index contributed by atoms with van der Waals surface area (Å²) in [5, 5.41) is 4.22. The van der Waals surface area contributed by atoms with E-state index in [1.54, 1.807) is 6.21 Å². The van der Waals surface area contributed by atoms with Crippen LogP contribution < -0.4 is 5.43 Å². The third kappa shape index (κ3) is 3.43. The van der Waals surface area contributed by atoms with Crippen LogP contribution in [0.15, 0.2) is 58.1 Å². The van der Waals surface area contributed by atoms with E-state index in [-0.39, 0.29) is 0 Å². The number of hydrogen-bond acceptors (Lipinski definition) is 2. The van der Waals surface area contributed by atoms with Crippen molar-refractivity contribution in [1.29, 1.82) is 0 Å². The van der Waals surface area contributed by atoms with E-state index in [1.807, 2.05) is 42.5 Å². The van der Waals surface area contributed by atoms with Gasteiger partial charge in [0.2, 0.25) is 0 Å². The van der Waals surface area contributed by atoms with Gasteiger partial charge in [-0.2, -0.15) is 5.10 Å². The smallest absolute Gasteiger partial charge is 0.0590 e. The zero-order valence-electron chi connectivity index (χ0n) is 9.52. The van der Waals surface area contributed by atoms with Crippen LogP contribution in [0.25, 0.3) is 0 Å². The van der Waals surface area contributed by atoms with Crippen molar-refractivity contribution in [3.8, 4) is 0 Å². The third-order valence-electron chi connectivity index (χ3n) is 2.39. The van der Waals surface area contributed by atoms with Crippen LogP contribution in [0.5, 0.6) is 0 Å². The summed E-state index contributed by atoms with van der Waals surface area (Å²) in [5.74, 6) is 0. The Labute approximate surface area is 110 Å². The van der Waals surface area contributed by atoms with Crippen LogP contribution in [0.4, 0.5) is 5.69 Å². The fourth-order valence-electron chi connectivity index (χ4n) is 1.46. The minimum absolute atomic E-state index is 1.03. The lowest BCUT2D eigenvalue weighted by Gasteiger charge is -2.03. The van der Waals surface area contributed by atoms with Crippen molar-refractivity contribution in [2.75, 3.05) is 5.43 Å². The molecule has 1 N–H and O–H groups in total. The number of hydrazone groups is 1. The topological polar surface area (TPSA) is 24.4 Å². The van der Waals surface area contributed by atoms with Gasteiger partial charge >= 0.3 is 0 Å². The van der Waals surface area contributed by atoms with Crippen molar-refractivity contribution >= 4 is 27.8 Å². The second-order valence-electron chi connectivity index (χ2n) is 3.74. The summed E-state index contributed by atoms with van der Waals surface area (Å²) in [5.41, 5.74) is 6.30. The van der Waals surface area contributed by atoms with Gasteiger partial charge in [0.1, 0.15) is 0 Å². The van der Waals surface area contributed by atoms with Crippen LogP contribution in [0.2, 0.25) is 0 Å². The van der Waals surface area contributed by atoms with E-state index in [1.165, 1.54) is 5.56 Å². The molecule has 0 unspecified atom stereocenters. The van der Waals surface area contributed by atoms with Crippen LogP contribution >= 0.6 is 15.9 Å². The number of nitrogens with one attached hydrogen (secondary N) is 1. The van der Waals surface area contributed by atoms with Gasteiger partial charge in [0.15, 0.2) is 0 Å². The molecule has 0 aliphatic heterocycles. The molecule has 2 aromatic carbocycles. The zero-order chi connectivity index (χ0) is 12.1. The molecule has 0 amide bonds. The van der Waals surface area contributed by atoms with E-state index in [0.717, 1.165) is 15.7 Å². The van der Waals surface area contributed by atoms with Crippen molar-refractivity contribution in [1.82, 2.24) is 0 Å². The van der Waals surface area contributed by atoms with Gasteiger partial charge in [0.05, 0.1) is 11.9 Å². The van der Waals surface area contributed by atoms with Gasteiger partial charge in [-0.15, -0.1) is 0 Å². The lowest BCUT2D eigenvalue weighted by molar-refractivity contribution is 1.31. The lowest BCUT2D eigenvalue weighted by atomic mass is 10.2. The molecule has 3 heteroatoms. The quantitative estimate of drug-likeness (QED) is 0.664.